The fraction of sp³-hybridized carbons (Fsp3) is 0.500. The molecule has 104 valence electrons. The highest BCUT2D eigenvalue weighted by atomic mass is 16.5. The average Bonchev–Trinajstić information content (AvgIpc) is 2.80. The van der Waals surface area contributed by atoms with Crippen LogP contribution in [0.2, 0.25) is 0 Å². The Morgan fingerprint density at radius 3 is 2.47 bits per heavy atom. The van der Waals surface area contributed by atoms with E-state index < -0.39 is 0 Å². The Bertz CT molecular complexity index is 474. The third-order valence-corrected chi connectivity index (χ3v) is 3.37. The molecule has 0 bridgehead atoms. The van der Waals surface area contributed by atoms with E-state index in [1.807, 2.05) is 36.9 Å². The van der Waals surface area contributed by atoms with Crippen molar-refractivity contribution in [3.8, 4) is 11.5 Å². The van der Waals surface area contributed by atoms with Crippen molar-refractivity contribution in [3.63, 3.8) is 0 Å². The lowest BCUT2D eigenvalue weighted by atomic mass is 10.1. The maximum atomic E-state index is 11.8. The highest BCUT2D eigenvalue weighted by molar-refractivity contribution is 5.77. The van der Waals surface area contributed by atoms with E-state index in [1.165, 1.54) is 0 Å². The van der Waals surface area contributed by atoms with Crippen molar-refractivity contribution in [2.24, 2.45) is 0 Å². The summed E-state index contributed by atoms with van der Waals surface area (Å²) in [5, 5.41) is 2.98. The van der Waals surface area contributed by atoms with Gasteiger partial charge >= 0.3 is 6.03 Å². The lowest BCUT2D eigenvalue weighted by Gasteiger charge is -2.19. The Morgan fingerprint density at radius 2 is 1.95 bits per heavy atom. The summed E-state index contributed by atoms with van der Waals surface area (Å²) in [5.41, 5.74) is 1.02. The highest BCUT2D eigenvalue weighted by Gasteiger charge is 2.31. The number of methoxy groups -OCH3 is 2. The first-order valence-corrected chi connectivity index (χ1v) is 6.36. The summed E-state index contributed by atoms with van der Waals surface area (Å²) in [5.74, 6) is 1.37. The molecule has 1 heterocycles. The summed E-state index contributed by atoms with van der Waals surface area (Å²) in [6.45, 7) is 4.69. The molecule has 1 aromatic rings. The summed E-state index contributed by atoms with van der Waals surface area (Å²) in [6.07, 6.45) is 0. The quantitative estimate of drug-likeness (QED) is 0.906. The first-order chi connectivity index (χ1) is 9.06. The second-order valence-electron chi connectivity index (χ2n) is 4.86. The molecule has 2 rings (SSSR count). The first-order valence-electron chi connectivity index (χ1n) is 6.36. The van der Waals surface area contributed by atoms with Crippen LogP contribution >= 0.6 is 0 Å². The minimum atomic E-state index is -0.0187. The SMILES string of the molecule is COc1ccc(C2CN(C(C)C)C(=O)N2)cc1OC. The fourth-order valence-corrected chi connectivity index (χ4v) is 2.26. The Labute approximate surface area is 113 Å². The molecule has 5 nitrogen and oxygen atoms in total. The molecule has 1 N–H and O–H groups in total. The van der Waals surface area contributed by atoms with Gasteiger partial charge in [0.05, 0.1) is 20.3 Å². The third-order valence-electron chi connectivity index (χ3n) is 3.37. The van der Waals surface area contributed by atoms with Gasteiger partial charge in [-0.05, 0) is 31.5 Å². The minimum Gasteiger partial charge on any atom is -0.493 e. The molecule has 1 aromatic carbocycles. The van der Waals surface area contributed by atoms with Gasteiger partial charge in [-0.1, -0.05) is 6.07 Å². The molecule has 0 spiro atoms. The van der Waals surface area contributed by atoms with Gasteiger partial charge in [0.15, 0.2) is 11.5 Å². The van der Waals surface area contributed by atoms with Crippen LogP contribution in [0.1, 0.15) is 25.5 Å². The van der Waals surface area contributed by atoms with Gasteiger partial charge in [-0.3, -0.25) is 0 Å². The predicted octanol–water partition coefficient (Wildman–Crippen LogP) is 2.18. The van der Waals surface area contributed by atoms with Crippen molar-refractivity contribution < 1.29 is 14.3 Å². The molecule has 1 unspecified atom stereocenters. The Kier molecular flexibility index (Phi) is 3.83. The molecule has 1 saturated heterocycles. The van der Waals surface area contributed by atoms with Crippen LogP contribution in [0.3, 0.4) is 0 Å². The second-order valence-corrected chi connectivity index (χ2v) is 4.86. The van der Waals surface area contributed by atoms with Gasteiger partial charge in [-0.2, -0.15) is 0 Å². The van der Waals surface area contributed by atoms with E-state index in [0.29, 0.717) is 18.0 Å². The van der Waals surface area contributed by atoms with Crippen LogP contribution in [-0.4, -0.2) is 37.7 Å². The topological polar surface area (TPSA) is 50.8 Å². The number of amides is 2. The number of hydrogen-bond donors (Lipinski definition) is 1. The van der Waals surface area contributed by atoms with Gasteiger partial charge in [0.2, 0.25) is 0 Å². The largest absolute Gasteiger partial charge is 0.493 e. The molecule has 0 radical (unpaired) electrons. The van der Waals surface area contributed by atoms with Gasteiger partial charge in [0, 0.05) is 12.6 Å². The third kappa shape index (κ3) is 2.59. The van der Waals surface area contributed by atoms with Crippen LogP contribution in [-0.2, 0) is 0 Å². The standard InChI is InChI=1S/C14H20N2O3/c1-9(2)16-8-11(15-14(16)17)10-5-6-12(18-3)13(7-10)19-4/h5-7,9,11H,8H2,1-4H3,(H,15,17). The molecule has 1 aliphatic heterocycles. The molecule has 0 aromatic heterocycles. The van der Waals surface area contributed by atoms with Crippen LogP contribution in [0.15, 0.2) is 18.2 Å². The number of rotatable bonds is 4. The van der Waals surface area contributed by atoms with Crippen molar-refractivity contribution in [1.82, 2.24) is 10.2 Å². The Morgan fingerprint density at radius 1 is 1.26 bits per heavy atom. The van der Waals surface area contributed by atoms with Crippen molar-refractivity contribution in [2.75, 3.05) is 20.8 Å². The predicted molar refractivity (Wildman–Crippen MR) is 72.7 cm³/mol. The van der Waals surface area contributed by atoms with Gasteiger partial charge in [0.25, 0.3) is 0 Å². The Hall–Kier alpha value is -1.91. The van der Waals surface area contributed by atoms with E-state index in [0.717, 1.165) is 5.56 Å². The van der Waals surface area contributed by atoms with E-state index in [1.54, 1.807) is 14.2 Å². The van der Waals surface area contributed by atoms with Crippen LogP contribution < -0.4 is 14.8 Å². The molecular weight excluding hydrogens is 244 g/mol. The monoisotopic (exact) mass is 264 g/mol. The van der Waals surface area contributed by atoms with E-state index in [4.69, 9.17) is 9.47 Å². The number of carbonyl (C=O) groups is 1. The molecule has 5 heteroatoms. The molecule has 1 atom stereocenters. The van der Waals surface area contributed by atoms with E-state index >= 15 is 0 Å². The summed E-state index contributed by atoms with van der Waals surface area (Å²) in [7, 11) is 3.21. The molecular formula is C14H20N2O3. The van der Waals surface area contributed by atoms with Crippen molar-refractivity contribution in [3.05, 3.63) is 23.8 Å². The normalized spacial score (nSPS) is 18.7. The summed E-state index contributed by atoms with van der Waals surface area (Å²) < 4.78 is 10.5. The molecule has 1 fully saturated rings. The van der Waals surface area contributed by atoms with Crippen LogP contribution in [0.4, 0.5) is 4.79 Å². The zero-order valence-corrected chi connectivity index (χ0v) is 11.8. The number of urea groups is 1. The van der Waals surface area contributed by atoms with Crippen molar-refractivity contribution in [1.29, 1.82) is 0 Å². The highest BCUT2D eigenvalue weighted by Crippen LogP contribution is 2.31. The zero-order valence-electron chi connectivity index (χ0n) is 11.8. The van der Waals surface area contributed by atoms with Gasteiger partial charge in [-0.15, -0.1) is 0 Å². The average molecular weight is 264 g/mol. The maximum absolute atomic E-state index is 11.8. The van der Waals surface area contributed by atoms with E-state index in [-0.39, 0.29) is 18.1 Å². The smallest absolute Gasteiger partial charge is 0.318 e. The number of nitrogens with one attached hydrogen (secondary N) is 1. The molecule has 2 amide bonds. The van der Waals surface area contributed by atoms with Crippen LogP contribution in [0.5, 0.6) is 11.5 Å². The summed E-state index contributed by atoms with van der Waals surface area (Å²) in [6, 6.07) is 5.90. The van der Waals surface area contributed by atoms with E-state index in [2.05, 4.69) is 5.32 Å². The molecule has 0 aliphatic carbocycles. The summed E-state index contributed by atoms with van der Waals surface area (Å²) >= 11 is 0. The fourth-order valence-electron chi connectivity index (χ4n) is 2.26. The van der Waals surface area contributed by atoms with Crippen LogP contribution in [0.25, 0.3) is 0 Å². The number of ether oxygens (including phenoxy) is 2. The molecule has 19 heavy (non-hydrogen) atoms. The molecule has 1 aliphatic rings. The number of nitrogens with zero attached hydrogens (tertiary/aromatic N) is 1. The zero-order chi connectivity index (χ0) is 14.0. The number of hydrogen-bond acceptors (Lipinski definition) is 3. The lowest BCUT2D eigenvalue weighted by Crippen LogP contribution is -2.33. The van der Waals surface area contributed by atoms with Crippen molar-refractivity contribution >= 4 is 6.03 Å². The summed E-state index contributed by atoms with van der Waals surface area (Å²) in [4.78, 5) is 13.7. The number of carbonyl (C=O) groups excluding carboxylic acids is 1. The maximum Gasteiger partial charge on any atom is 0.318 e. The Balaban J connectivity index is 2.22. The second kappa shape index (κ2) is 5.38. The first kappa shape index (κ1) is 13.5. The van der Waals surface area contributed by atoms with Gasteiger partial charge in [0.1, 0.15) is 0 Å². The lowest BCUT2D eigenvalue weighted by molar-refractivity contribution is 0.206. The van der Waals surface area contributed by atoms with E-state index in [9.17, 15) is 4.79 Å². The van der Waals surface area contributed by atoms with Gasteiger partial charge < -0.3 is 19.7 Å². The van der Waals surface area contributed by atoms with Crippen molar-refractivity contribution in [2.45, 2.75) is 25.9 Å². The van der Waals surface area contributed by atoms with Gasteiger partial charge in [-0.25, -0.2) is 4.79 Å². The van der Waals surface area contributed by atoms with Crippen LogP contribution in [0, 0.1) is 0 Å². The number of benzene rings is 1. The molecule has 0 saturated carbocycles. The minimum absolute atomic E-state index is 0.00490.